The largest absolute Gasteiger partial charge is 0.466 e. The minimum absolute atomic E-state index is 0.0201. The van der Waals surface area contributed by atoms with Crippen LogP contribution in [0.3, 0.4) is 0 Å². The van der Waals surface area contributed by atoms with Crippen LogP contribution in [0.15, 0.2) is 82.6 Å². The summed E-state index contributed by atoms with van der Waals surface area (Å²) in [4.78, 5) is 32.0. The van der Waals surface area contributed by atoms with Gasteiger partial charge in [0.25, 0.3) is 0 Å². The lowest BCUT2D eigenvalue weighted by Gasteiger charge is -2.35. The molecule has 0 saturated carbocycles. The van der Waals surface area contributed by atoms with Gasteiger partial charge in [-0.15, -0.1) is 11.3 Å². The van der Waals surface area contributed by atoms with Gasteiger partial charge < -0.3 is 15.2 Å². The molecule has 0 saturated heterocycles. The molecule has 2 heterocycles. The zero-order chi connectivity index (χ0) is 25.1. The van der Waals surface area contributed by atoms with Crippen LogP contribution < -0.4 is 10.6 Å². The highest BCUT2D eigenvalue weighted by atomic mass is 32.1. The molecule has 1 aromatic heterocycles. The van der Waals surface area contributed by atoms with E-state index in [0.717, 1.165) is 16.3 Å². The van der Waals surface area contributed by atoms with Crippen molar-refractivity contribution >= 4 is 29.0 Å². The molecule has 9 heteroatoms. The Hall–Kier alpha value is -4.42. The minimum Gasteiger partial charge on any atom is -0.466 e. The van der Waals surface area contributed by atoms with E-state index in [2.05, 4.69) is 11.1 Å². The van der Waals surface area contributed by atoms with Crippen LogP contribution in [0.25, 0.3) is 11.3 Å². The summed E-state index contributed by atoms with van der Waals surface area (Å²) in [5.41, 5.74) is 9.26. The van der Waals surface area contributed by atoms with Crippen molar-refractivity contribution in [3.63, 3.8) is 0 Å². The third-order valence-corrected chi connectivity index (χ3v) is 6.42. The first kappa shape index (κ1) is 23.7. The lowest BCUT2D eigenvalue weighted by Crippen LogP contribution is -2.40. The van der Waals surface area contributed by atoms with Gasteiger partial charge >= 0.3 is 11.9 Å². The van der Waals surface area contributed by atoms with Crippen LogP contribution in [0.2, 0.25) is 0 Å². The highest BCUT2D eigenvalue weighted by molar-refractivity contribution is 7.09. The second-order valence-corrected chi connectivity index (χ2v) is 8.70. The molecule has 2 N–H and O–H groups in total. The van der Waals surface area contributed by atoms with Crippen molar-refractivity contribution in [3.05, 3.63) is 93.2 Å². The van der Waals surface area contributed by atoms with Gasteiger partial charge in [0.1, 0.15) is 11.5 Å². The Morgan fingerprint density at radius 3 is 2.26 bits per heavy atom. The molecule has 176 valence electrons. The molecule has 0 aliphatic carbocycles. The van der Waals surface area contributed by atoms with Crippen molar-refractivity contribution < 1.29 is 19.1 Å². The average molecular weight is 487 g/mol. The number of anilines is 1. The smallest absolute Gasteiger partial charge is 0.355 e. The zero-order valence-electron chi connectivity index (χ0n) is 19.3. The number of hydrogen-bond donors (Lipinski definition) is 1. The van der Waals surface area contributed by atoms with Crippen LogP contribution in [0.5, 0.6) is 0 Å². The fraction of sp³-hybridized carbons (Fsp3) is 0.154. The van der Waals surface area contributed by atoms with Crippen LogP contribution in [0, 0.1) is 18.3 Å². The summed E-state index contributed by atoms with van der Waals surface area (Å²) in [7, 11) is 2.43. The predicted octanol–water partition coefficient (Wildman–Crippen LogP) is 4.02. The summed E-state index contributed by atoms with van der Waals surface area (Å²) < 4.78 is 10.1. The van der Waals surface area contributed by atoms with Gasteiger partial charge in [0.2, 0.25) is 0 Å². The molecular weight excluding hydrogens is 464 g/mol. The first-order valence-corrected chi connectivity index (χ1v) is 11.5. The van der Waals surface area contributed by atoms with E-state index in [1.165, 1.54) is 19.1 Å². The Labute approximate surface area is 206 Å². The van der Waals surface area contributed by atoms with E-state index in [9.17, 15) is 14.9 Å². The summed E-state index contributed by atoms with van der Waals surface area (Å²) in [6, 6.07) is 18.2. The number of ether oxygens (including phenoxy) is 2. The van der Waals surface area contributed by atoms with Crippen molar-refractivity contribution in [1.82, 2.24) is 4.98 Å². The van der Waals surface area contributed by atoms with Gasteiger partial charge in [-0.05, 0) is 24.6 Å². The maximum atomic E-state index is 13.1. The highest BCUT2D eigenvalue weighted by Gasteiger charge is 2.42. The van der Waals surface area contributed by atoms with E-state index < -0.39 is 17.9 Å². The second kappa shape index (κ2) is 9.83. The molecule has 3 aromatic rings. The number of esters is 2. The maximum Gasteiger partial charge on any atom is 0.355 e. The third-order valence-electron chi connectivity index (χ3n) is 5.65. The number of hydrogen-bond acceptors (Lipinski definition) is 9. The number of aromatic nitrogens is 1. The number of nitriles is 1. The van der Waals surface area contributed by atoms with Crippen LogP contribution in [-0.4, -0.2) is 31.1 Å². The molecule has 8 nitrogen and oxygen atoms in total. The molecule has 1 unspecified atom stereocenters. The molecule has 0 amide bonds. The Balaban J connectivity index is 1.95. The van der Waals surface area contributed by atoms with Gasteiger partial charge in [-0.25, -0.2) is 14.6 Å². The quantitative estimate of drug-likeness (QED) is 0.537. The summed E-state index contributed by atoms with van der Waals surface area (Å²) in [6.07, 6.45) is 0. The van der Waals surface area contributed by atoms with Crippen molar-refractivity contribution in [1.29, 1.82) is 5.26 Å². The van der Waals surface area contributed by atoms with Gasteiger partial charge in [0, 0.05) is 16.6 Å². The summed E-state index contributed by atoms with van der Waals surface area (Å²) in [6.45, 7) is 1.93. The maximum absolute atomic E-state index is 13.1. The molecule has 35 heavy (non-hydrogen) atoms. The number of rotatable bonds is 5. The zero-order valence-corrected chi connectivity index (χ0v) is 20.1. The third kappa shape index (κ3) is 4.27. The van der Waals surface area contributed by atoms with Gasteiger partial charge in [-0.2, -0.15) is 5.26 Å². The van der Waals surface area contributed by atoms with Crippen molar-refractivity contribution in [2.45, 2.75) is 12.8 Å². The lowest BCUT2D eigenvalue weighted by atomic mass is 9.81. The van der Waals surface area contributed by atoms with Gasteiger partial charge in [-0.3, -0.25) is 4.90 Å². The van der Waals surface area contributed by atoms with E-state index in [-0.39, 0.29) is 22.7 Å². The Morgan fingerprint density at radius 1 is 1.06 bits per heavy atom. The fourth-order valence-corrected chi connectivity index (χ4v) is 4.68. The molecule has 4 rings (SSSR count). The standard InChI is InChI=1S/C26H22N4O4S/c1-15-29-20(14-35-15)16-9-11-18(12-10-16)30-23(26(32)34-3)22(25(31)33-2)21(19(13-27)24(30)28)17-7-5-4-6-8-17/h4-12,14,21H,28H2,1-3H3. The first-order valence-electron chi connectivity index (χ1n) is 10.6. The van der Waals surface area contributed by atoms with Gasteiger partial charge in [0.05, 0.1) is 48.1 Å². The normalized spacial score (nSPS) is 15.6. The van der Waals surface area contributed by atoms with Crippen molar-refractivity contribution in [2.75, 3.05) is 19.1 Å². The number of thiazole rings is 1. The minimum atomic E-state index is -0.906. The number of allylic oxidation sites excluding steroid dienone is 1. The second-order valence-electron chi connectivity index (χ2n) is 7.63. The Bertz CT molecular complexity index is 1380. The van der Waals surface area contributed by atoms with Gasteiger partial charge in [0.15, 0.2) is 0 Å². The monoisotopic (exact) mass is 486 g/mol. The first-order chi connectivity index (χ1) is 16.9. The van der Waals surface area contributed by atoms with E-state index in [1.54, 1.807) is 47.7 Å². The van der Waals surface area contributed by atoms with Crippen molar-refractivity contribution in [3.8, 4) is 17.3 Å². The molecule has 0 fully saturated rings. The van der Waals surface area contributed by atoms with E-state index >= 15 is 0 Å². The highest BCUT2D eigenvalue weighted by Crippen LogP contribution is 2.43. The molecular formula is C26H22N4O4S. The number of carbonyl (C=O) groups excluding carboxylic acids is 2. The molecule has 1 aliphatic rings. The van der Waals surface area contributed by atoms with Crippen molar-refractivity contribution in [2.24, 2.45) is 5.73 Å². The number of nitrogens with two attached hydrogens (primary N) is 1. The Kier molecular flexibility index (Phi) is 6.66. The summed E-state index contributed by atoms with van der Waals surface area (Å²) in [5, 5.41) is 13.0. The molecule has 0 radical (unpaired) electrons. The van der Waals surface area contributed by atoms with Crippen LogP contribution in [-0.2, 0) is 19.1 Å². The SMILES string of the molecule is COC(=O)C1=C(C(=O)OC)N(c2ccc(-c3csc(C)n3)cc2)C(N)=C(C#N)C1c1ccccc1. The molecule has 0 bridgehead atoms. The summed E-state index contributed by atoms with van der Waals surface area (Å²) >= 11 is 1.54. The molecule has 2 aromatic carbocycles. The lowest BCUT2D eigenvalue weighted by molar-refractivity contribution is -0.139. The summed E-state index contributed by atoms with van der Waals surface area (Å²) in [5.74, 6) is -2.44. The van der Waals surface area contributed by atoms with Crippen LogP contribution in [0.1, 0.15) is 16.5 Å². The molecule has 1 aliphatic heterocycles. The predicted molar refractivity (Wildman–Crippen MR) is 132 cm³/mol. The number of methoxy groups -OCH3 is 2. The van der Waals surface area contributed by atoms with Crippen LogP contribution in [0.4, 0.5) is 5.69 Å². The molecule has 0 spiro atoms. The molecule has 1 atom stereocenters. The number of benzene rings is 2. The van der Waals surface area contributed by atoms with E-state index in [0.29, 0.717) is 11.3 Å². The van der Waals surface area contributed by atoms with E-state index in [1.807, 2.05) is 30.5 Å². The number of carbonyl (C=O) groups is 2. The number of aryl methyl sites for hydroxylation is 1. The van der Waals surface area contributed by atoms with Gasteiger partial charge in [-0.1, -0.05) is 42.5 Å². The van der Waals surface area contributed by atoms with Crippen LogP contribution >= 0.6 is 11.3 Å². The topological polar surface area (TPSA) is 119 Å². The van der Waals surface area contributed by atoms with E-state index in [4.69, 9.17) is 15.2 Å². The number of nitrogens with zero attached hydrogens (tertiary/aromatic N) is 3. The Morgan fingerprint density at radius 2 is 1.71 bits per heavy atom. The fourth-order valence-electron chi connectivity index (χ4n) is 4.06. The average Bonchev–Trinajstić information content (AvgIpc) is 3.33.